The number of hydrogen-bond acceptors (Lipinski definition) is 1. The summed E-state index contributed by atoms with van der Waals surface area (Å²) in [6.45, 7) is 15.4. The molecule has 1 nitrogen and oxygen atoms in total. The molecule has 0 aromatic heterocycles. The number of nitrogens with two attached hydrogens (primary N) is 1. The number of aryl methyl sites for hydroxylation is 1. The Morgan fingerprint density at radius 1 is 0.875 bits per heavy atom. The Balaban J connectivity index is 3.52. The molecule has 1 aromatic rings. The highest BCUT2D eigenvalue weighted by Gasteiger charge is 2.25. The molecule has 0 unspecified atom stereocenters. The van der Waals surface area contributed by atoms with E-state index in [0.717, 1.165) is 5.69 Å². The third-order valence-electron chi connectivity index (χ3n) is 3.01. The fourth-order valence-electron chi connectivity index (χ4n) is 2.38. The Labute approximate surface area is 100 Å². The Hall–Kier alpha value is -0.980. The van der Waals surface area contributed by atoms with Crippen LogP contribution < -0.4 is 5.73 Å². The highest BCUT2D eigenvalue weighted by Crippen LogP contribution is 2.37. The van der Waals surface area contributed by atoms with Crippen LogP contribution in [0, 0.1) is 6.92 Å². The summed E-state index contributed by atoms with van der Waals surface area (Å²) in [5.41, 5.74) is 11.4. The van der Waals surface area contributed by atoms with Crippen LogP contribution in [0.15, 0.2) is 12.1 Å². The second-order valence-corrected chi connectivity index (χ2v) is 6.72. The number of hydrogen-bond donors (Lipinski definition) is 1. The molecule has 0 aliphatic carbocycles. The maximum Gasteiger partial charge on any atom is 0.0392 e. The predicted molar refractivity (Wildman–Crippen MR) is 73.0 cm³/mol. The summed E-state index contributed by atoms with van der Waals surface area (Å²) in [5, 5.41) is 0. The molecule has 0 saturated heterocycles. The molecule has 0 atom stereocenters. The zero-order chi connectivity index (χ0) is 12.7. The molecule has 2 N–H and O–H groups in total. The normalized spacial score (nSPS) is 12.9. The van der Waals surface area contributed by atoms with Gasteiger partial charge in [-0.1, -0.05) is 53.7 Å². The van der Waals surface area contributed by atoms with Gasteiger partial charge in [-0.15, -0.1) is 0 Å². The van der Waals surface area contributed by atoms with Gasteiger partial charge in [0.05, 0.1) is 0 Å². The fraction of sp³-hybridized carbons (Fsp3) is 0.600. The van der Waals surface area contributed by atoms with Crippen molar-refractivity contribution in [2.45, 2.75) is 59.3 Å². The molecule has 90 valence electrons. The summed E-state index contributed by atoms with van der Waals surface area (Å²) in [5.74, 6) is 0. The lowest BCUT2D eigenvalue weighted by atomic mass is 9.77. The van der Waals surface area contributed by atoms with Crippen LogP contribution in [0.1, 0.15) is 58.2 Å². The number of anilines is 1. The molecule has 0 spiro atoms. The van der Waals surface area contributed by atoms with Gasteiger partial charge in [0.15, 0.2) is 0 Å². The van der Waals surface area contributed by atoms with Crippen molar-refractivity contribution in [3.05, 3.63) is 28.8 Å². The highest BCUT2D eigenvalue weighted by atomic mass is 14.6. The first-order valence-electron chi connectivity index (χ1n) is 5.95. The first-order valence-corrected chi connectivity index (χ1v) is 5.95. The van der Waals surface area contributed by atoms with Crippen molar-refractivity contribution >= 4 is 5.69 Å². The van der Waals surface area contributed by atoms with E-state index in [1.807, 2.05) is 0 Å². The van der Waals surface area contributed by atoms with Crippen molar-refractivity contribution in [2.75, 3.05) is 5.73 Å². The summed E-state index contributed by atoms with van der Waals surface area (Å²) in [6.07, 6.45) is 0. The van der Waals surface area contributed by atoms with Crippen LogP contribution in [0.25, 0.3) is 0 Å². The van der Waals surface area contributed by atoms with Gasteiger partial charge < -0.3 is 5.73 Å². The van der Waals surface area contributed by atoms with Crippen molar-refractivity contribution in [2.24, 2.45) is 0 Å². The molecular formula is C15H25N. The van der Waals surface area contributed by atoms with Crippen LogP contribution in [0.2, 0.25) is 0 Å². The lowest BCUT2D eigenvalue weighted by molar-refractivity contribution is 0.570. The van der Waals surface area contributed by atoms with Crippen molar-refractivity contribution < 1.29 is 0 Å². The molecule has 1 aromatic carbocycles. The van der Waals surface area contributed by atoms with E-state index >= 15 is 0 Å². The number of rotatable bonds is 0. The van der Waals surface area contributed by atoms with Gasteiger partial charge in [-0.25, -0.2) is 0 Å². The second kappa shape index (κ2) is 3.80. The van der Waals surface area contributed by atoms with E-state index in [-0.39, 0.29) is 10.8 Å². The Morgan fingerprint density at radius 2 is 1.38 bits per heavy atom. The van der Waals surface area contributed by atoms with Crippen LogP contribution in [0.4, 0.5) is 5.69 Å². The van der Waals surface area contributed by atoms with Gasteiger partial charge in [0.2, 0.25) is 0 Å². The van der Waals surface area contributed by atoms with Crippen molar-refractivity contribution in [1.82, 2.24) is 0 Å². The largest absolute Gasteiger partial charge is 0.398 e. The molecule has 1 rings (SSSR count). The monoisotopic (exact) mass is 219 g/mol. The van der Waals surface area contributed by atoms with Gasteiger partial charge in [0.1, 0.15) is 0 Å². The standard InChI is InChI=1S/C15H25N/c1-10-8-9-11(14(2,3)4)13(16)12(10)15(5,6)7/h8-9H,16H2,1-7H3. The minimum absolute atomic E-state index is 0.107. The Bertz CT molecular complexity index is 389. The minimum Gasteiger partial charge on any atom is -0.398 e. The quantitative estimate of drug-likeness (QED) is 0.651. The molecule has 0 heterocycles. The van der Waals surface area contributed by atoms with Crippen molar-refractivity contribution in [3.63, 3.8) is 0 Å². The van der Waals surface area contributed by atoms with Crippen molar-refractivity contribution in [3.8, 4) is 0 Å². The third kappa shape index (κ3) is 2.40. The zero-order valence-electron chi connectivity index (χ0n) is 11.7. The first kappa shape index (κ1) is 13.1. The van der Waals surface area contributed by atoms with Crippen LogP contribution >= 0.6 is 0 Å². The van der Waals surface area contributed by atoms with E-state index in [1.165, 1.54) is 16.7 Å². The van der Waals surface area contributed by atoms with Crippen LogP contribution in [0.3, 0.4) is 0 Å². The van der Waals surface area contributed by atoms with E-state index in [9.17, 15) is 0 Å². The van der Waals surface area contributed by atoms with Gasteiger partial charge >= 0.3 is 0 Å². The van der Waals surface area contributed by atoms with E-state index in [2.05, 4.69) is 60.6 Å². The Morgan fingerprint density at radius 3 is 1.75 bits per heavy atom. The molecule has 0 amide bonds. The molecular weight excluding hydrogens is 194 g/mol. The molecule has 0 bridgehead atoms. The SMILES string of the molecule is Cc1ccc(C(C)(C)C)c(N)c1C(C)(C)C. The molecule has 0 aliphatic heterocycles. The lowest BCUT2D eigenvalue weighted by Crippen LogP contribution is -2.21. The van der Waals surface area contributed by atoms with Crippen LogP contribution in [-0.2, 0) is 10.8 Å². The summed E-state index contributed by atoms with van der Waals surface area (Å²) < 4.78 is 0. The van der Waals surface area contributed by atoms with Crippen molar-refractivity contribution in [1.29, 1.82) is 0 Å². The summed E-state index contributed by atoms with van der Waals surface area (Å²) in [7, 11) is 0. The fourth-order valence-corrected chi connectivity index (χ4v) is 2.38. The Kier molecular flexibility index (Phi) is 3.11. The maximum atomic E-state index is 6.36. The van der Waals surface area contributed by atoms with Gasteiger partial charge in [-0.3, -0.25) is 0 Å². The average molecular weight is 219 g/mol. The zero-order valence-corrected chi connectivity index (χ0v) is 11.7. The molecule has 0 aliphatic rings. The second-order valence-electron chi connectivity index (χ2n) is 6.72. The summed E-state index contributed by atoms with van der Waals surface area (Å²) in [4.78, 5) is 0. The van der Waals surface area contributed by atoms with E-state index in [4.69, 9.17) is 5.73 Å². The molecule has 0 fully saturated rings. The molecule has 16 heavy (non-hydrogen) atoms. The third-order valence-corrected chi connectivity index (χ3v) is 3.01. The summed E-state index contributed by atoms with van der Waals surface area (Å²) in [6, 6.07) is 4.36. The highest BCUT2D eigenvalue weighted by molar-refractivity contribution is 5.61. The first-order chi connectivity index (χ1) is 7.05. The van der Waals surface area contributed by atoms with Gasteiger partial charge in [-0.2, -0.15) is 0 Å². The lowest BCUT2D eigenvalue weighted by Gasteiger charge is -2.29. The van der Waals surface area contributed by atoms with Gasteiger partial charge in [0, 0.05) is 5.69 Å². The maximum absolute atomic E-state index is 6.36. The van der Waals surface area contributed by atoms with E-state index in [0.29, 0.717) is 0 Å². The predicted octanol–water partition coefficient (Wildman–Crippen LogP) is 4.17. The van der Waals surface area contributed by atoms with Gasteiger partial charge in [0.25, 0.3) is 0 Å². The van der Waals surface area contributed by atoms with E-state index in [1.54, 1.807) is 0 Å². The molecule has 0 radical (unpaired) electrons. The topological polar surface area (TPSA) is 26.0 Å². The van der Waals surface area contributed by atoms with Gasteiger partial charge in [-0.05, 0) is 34.4 Å². The number of nitrogen functional groups attached to an aromatic ring is 1. The van der Waals surface area contributed by atoms with Crippen LogP contribution in [0.5, 0.6) is 0 Å². The van der Waals surface area contributed by atoms with Crippen LogP contribution in [-0.4, -0.2) is 0 Å². The van der Waals surface area contributed by atoms with E-state index < -0.39 is 0 Å². The summed E-state index contributed by atoms with van der Waals surface area (Å²) >= 11 is 0. The average Bonchev–Trinajstić information content (AvgIpc) is 1.97. The minimum atomic E-state index is 0.107. The molecule has 1 heteroatoms. The number of benzene rings is 1. The smallest absolute Gasteiger partial charge is 0.0392 e. The molecule has 0 saturated carbocycles.